The summed E-state index contributed by atoms with van der Waals surface area (Å²) in [7, 11) is 4.08. The van der Waals surface area contributed by atoms with Gasteiger partial charge in [-0.3, -0.25) is 9.48 Å². The summed E-state index contributed by atoms with van der Waals surface area (Å²) >= 11 is 0. The maximum atomic E-state index is 13.5. The molecule has 1 atom stereocenters. The van der Waals surface area contributed by atoms with Gasteiger partial charge in [0.25, 0.3) is 5.91 Å². The molecule has 35 heavy (non-hydrogen) atoms. The molecule has 0 bridgehead atoms. The Bertz CT molecular complexity index is 1370. The van der Waals surface area contributed by atoms with Crippen LogP contribution >= 0.6 is 0 Å². The number of amides is 1. The number of aryl methyl sites for hydroxylation is 2. The Hall–Kier alpha value is -3.64. The first-order chi connectivity index (χ1) is 16.9. The van der Waals surface area contributed by atoms with Crippen LogP contribution in [-0.4, -0.2) is 53.8 Å². The van der Waals surface area contributed by atoms with E-state index in [4.69, 9.17) is 0 Å². The molecule has 1 amide bonds. The zero-order chi connectivity index (χ0) is 24.5. The number of fused-ring (bicyclic) bond motifs is 1. The third-order valence-electron chi connectivity index (χ3n) is 7.08. The molecule has 180 valence electrons. The predicted octanol–water partition coefficient (Wildman–Crippen LogP) is 4.79. The van der Waals surface area contributed by atoms with E-state index >= 15 is 0 Å². The second-order valence-corrected chi connectivity index (χ2v) is 9.67. The van der Waals surface area contributed by atoms with E-state index in [1.54, 1.807) is 0 Å². The van der Waals surface area contributed by atoms with Crippen LogP contribution in [0.1, 0.15) is 34.5 Å². The predicted molar refractivity (Wildman–Crippen MR) is 143 cm³/mol. The highest BCUT2D eigenvalue weighted by molar-refractivity contribution is 5.97. The van der Waals surface area contributed by atoms with Crippen LogP contribution in [0, 0.1) is 6.92 Å². The van der Waals surface area contributed by atoms with E-state index in [0.29, 0.717) is 0 Å². The number of aromatic nitrogens is 2. The Labute approximate surface area is 207 Å². The van der Waals surface area contributed by atoms with Crippen molar-refractivity contribution in [3.05, 3.63) is 83.7 Å². The van der Waals surface area contributed by atoms with Gasteiger partial charge in [-0.15, -0.1) is 0 Å². The fourth-order valence-electron chi connectivity index (χ4n) is 4.90. The van der Waals surface area contributed by atoms with Crippen molar-refractivity contribution in [2.75, 3.05) is 38.1 Å². The van der Waals surface area contributed by atoms with Crippen molar-refractivity contribution in [3.63, 3.8) is 0 Å². The molecule has 0 spiro atoms. The molecule has 1 aliphatic rings. The number of hydrogen-bond donors (Lipinski definition) is 1. The van der Waals surface area contributed by atoms with E-state index in [-0.39, 0.29) is 11.9 Å². The lowest BCUT2D eigenvalue weighted by atomic mass is 9.94. The van der Waals surface area contributed by atoms with Gasteiger partial charge in [-0.25, -0.2) is 0 Å². The topological polar surface area (TPSA) is 53.4 Å². The summed E-state index contributed by atoms with van der Waals surface area (Å²) in [6.07, 6.45) is 3.90. The highest BCUT2D eigenvalue weighted by Gasteiger charge is 2.20. The van der Waals surface area contributed by atoms with Crippen LogP contribution in [0.5, 0.6) is 0 Å². The Kier molecular flexibility index (Phi) is 6.31. The number of nitrogens with zero attached hydrogens (tertiary/aromatic N) is 4. The van der Waals surface area contributed by atoms with Crippen molar-refractivity contribution < 1.29 is 4.79 Å². The van der Waals surface area contributed by atoms with Crippen molar-refractivity contribution >= 4 is 22.4 Å². The highest BCUT2D eigenvalue weighted by Crippen LogP contribution is 2.31. The summed E-state index contributed by atoms with van der Waals surface area (Å²) in [5, 5.41) is 9.92. The number of benzene rings is 3. The molecule has 1 aliphatic heterocycles. The van der Waals surface area contributed by atoms with Crippen LogP contribution in [0.4, 0.5) is 5.69 Å². The third-order valence-corrected chi connectivity index (χ3v) is 7.08. The lowest BCUT2D eigenvalue weighted by molar-refractivity contribution is 0.0939. The Morgan fingerprint density at radius 2 is 1.74 bits per heavy atom. The average Bonchev–Trinajstić information content (AvgIpc) is 3.30. The molecular weight excluding hydrogens is 434 g/mol. The van der Waals surface area contributed by atoms with E-state index < -0.39 is 0 Å². The molecule has 6 nitrogen and oxygen atoms in total. The zero-order valence-electron chi connectivity index (χ0n) is 21.0. The Balaban J connectivity index is 1.44. The molecule has 1 aromatic heterocycles. The largest absolute Gasteiger partial charge is 0.369 e. The van der Waals surface area contributed by atoms with Crippen molar-refractivity contribution in [2.45, 2.75) is 19.9 Å². The number of carbonyl (C=O) groups excluding carboxylic acids is 1. The first-order valence-electron chi connectivity index (χ1n) is 12.3. The first-order valence-corrected chi connectivity index (χ1v) is 12.3. The Morgan fingerprint density at radius 3 is 2.49 bits per heavy atom. The smallest absolute Gasteiger partial charge is 0.252 e. The molecule has 0 saturated carbocycles. The van der Waals surface area contributed by atoms with Crippen LogP contribution in [0.3, 0.4) is 0 Å². The molecule has 6 heteroatoms. The van der Waals surface area contributed by atoms with Gasteiger partial charge in [0.2, 0.25) is 0 Å². The second kappa shape index (κ2) is 9.55. The molecule has 5 rings (SSSR count). The number of anilines is 1. The molecule has 0 aliphatic carbocycles. The Morgan fingerprint density at radius 1 is 0.971 bits per heavy atom. The number of rotatable bonds is 5. The molecular formula is C29H33N5O. The van der Waals surface area contributed by atoms with Gasteiger partial charge in [-0.1, -0.05) is 30.3 Å². The van der Waals surface area contributed by atoms with Crippen molar-refractivity contribution in [2.24, 2.45) is 7.05 Å². The van der Waals surface area contributed by atoms with Gasteiger partial charge in [-0.2, -0.15) is 5.10 Å². The van der Waals surface area contributed by atoms with E-state index in [2.05, 4.69) is 76.7 Å². The summed E-state index contributed by atoms with van der Waals surface area (Å²) in [5.41, 5.74) is 6.10. The minimum absolute atomic E-state index is 0.0400. The summed E-state index contributed by atoms with van der Waals surface area (Å²) in [6, 6.07) is 18.8. The quantitative estimate of drug-likeness (QED) is 0.459. The first kappa shape index (κ1) is 23.1. The van der Waals surface area contributed by atoms with Crippen LogP contribution in [0.2, 0.25) is 0 Å². The van der Waals surface area contributed by atoms with Crippen molar-refractivity contribution in [3.8, 4) is 11.1 Å². The molecule has 1 fully saturated rings. The van der Waals surface area contributed by atoms with E-state index in [9.17, 15) is 4.79 Å². The number of hydrogen-bond acceptors (Lipinski definition) is 4. The van der Waals surface area contributed by atoms with Crippen LogP contribution in [-0.2, 0) is 7.05 Å². The van der Waals surface area contributed by atoms with Gasteiger partial charge >= 0.3 is 0 Å². The maximum Gasteiger partial charge on any atom is 0.252 e. The van der Waals surface area contributed by atoms with Crippen LogP contribution in [0.25, 0.3) is 21.9 Å². The molecule has 0 radical (unpaired) electrons. The van der Waals surface area contributed by atoms with Crippen molar-refractivity contribution in [1.29, 1.82) is 0 Å². The van der Waals surface area contributed by atoms with Crippen molar-refractivity contribution in [1.82, 2.24) is 20.0 Å². The molecule has 4 aromatic rings. The lowest BCUT2D eigenvalue weighted by Gasteiger charge is -2.34. The third kappa shape index (κ3) is 4.80. The monoisotopic (exact) mass is 467 g/mol. The summed E-state index contributed by atoms with van der Waals surface area (Å²) in [6.45, 7) is 8.09. The molecule has 1 N–H and O–H groups in total. The highest BCUT2D eigenvalue weighted by atomic mass is 16.1. The average molecular weight is 468 g/mol. The molecule has 1 unspecified atom stereocenters. The summed E-state index contributed by atoms with van der Waals surface area (Å²) < 4.78 is 1.81. The van der Waals surface area contributed by atoms with E-state index in [0.717, 1.165) is 70.5 Å². The zero-order valence-corrected chi connectivity index (χ0v) is 21.0. The van der Waals surface area contributed by atoms with Gasteiger partial charge in [0.1, 0.15) is 0 Å². The van der Waals surface area contributed by atoms with Crippen LogP contribution < -0.4 is 10.2 Å². The van der Waals surface area contributed by atoms with Gasteiger partial charge < -0.3 is 15.1 Å². The summed E-state index contributed by atoms with van der Waals surface area (Å²) in [5.74, 6) is -0.0400. The number of likely N-dealkylation sites (N-methyl/N-ethyl adjacent to an activating group) is 1. The maximum absolute atomic E-state index is 13.5. The molecule has 2 heterocycles. The summed E-state index contributed by atoms with van der Waals surface area (Å²) in [4.78, 5) is 18.2. The van der Waals surface area contributed by atoms with Gasteiger partial charge in [0, 0.05) is 56.2 Å². The molecule has 1 saturated heterocycles. The number of piperazine rings is 1. The minimum atomic E-state index is -0.157. The van der Waals surface area contributed by atoms with Gasteiger partial charge in [0.05, 0.1) is 12.2 Å². The van der Waals surface area contributed by atoms with E-state index in [1.165, 1.54) is 0 Å². The van der Waals surface area contributed by atoms with Crippen LogP contribution in [0.15, 0.2) is 67.0 Å². The normalized spacial score (nSPS) is 15.4. The fraction of sp³-hybridized carbons (Fsp3) is 0.310. The number of carbonyl (C=O) groups is 1. The van der Waals surface area contributed by atoms with Gasteiger partial charge in [0.15, 0.2) is 0 Å². The molecule has 3 aromatic carbocycles. The SMILES string of the molecule is Cc1ccc(N2CCN(C)CC2)cc1C(=O)NC(C)c1cc(-c2cnn(C)c2)cc2ccccc12. The second-order valence-electron chi connectivity index (χ2n) is 9.67. The standard InChI is InChI=1S/C29H33N5O/c1-20-9-10-25(34-13-11-32(3)12-14-34)17-27(20)29(35)31-21(2)28-16-23(24-18-30-33(4)19-24)15-22-7-5-6-8-26(22)28/h5-10,15-19,21H,11-14H2,1-4H3,(H,31,35). The number of nitrogens with one attached hydrogen (secondary N) is 1. The minimum Gasteiger partial charge on any atom is -0.369 e. The van der Waals surface area contributed by atoms with Gasteiger partial charge in [-0.05, 0) is 72.6 Å². The van der Waals surface area contributed by atoms with E-state index in [1.807, 2.05) is 43.2 Å². The lowest BCUT2D eigenvalue weighted by Crippen LogP contribution is -2.44. The fourth-order valence-corrected chi connectivity index (χ4v) is 4.90.